The maximum atomic E-state index is 12.9. The molecule has 0 radical (unpaired) electrons. The normalized spacial score (nSPS) is 19.7. The third-order valence-corrected chi connectivity index (χ3v) is 6.39. The zero-order valence-electron chi connectivity index (χ0n) is 16.3. The van der Waals surface area contributed by atoms with Gasteiger partial charge in [-0.2, -0.15) is 0 Å². The van der Waals surface area contributed by atoms with Crippen molar-refractivity contribution in [3.63, 3.8) is 0 Å². The Hall–Kier alpha value is -2.40. The molecule has 1 aliphatic rings. The van der Waals surface area contributed by atoms with Gasteiger partial charge in [-0.15, -0.1) is 0 Å². The van der Waals surface area contributed by atoms with E-state index in [-0.39, 0.29) is 5.91 Å². The third kappa shape index (κ3) is 3.90. The smallest absolute Gasteiger partial charge is 0.233 e. The van der Waals surface area contributed by atoms with Crippen LogP contribution in [0.25, 0.3) is 22.3 Å². The van der Waals surface area contributed by atoms with E-state index >= 15 is 0 Å². The standard InChI is InChI=1S/C23H25N3OS/c1-16-9-8-10-17(2)26(16)21(27)15-28-23-19-13-6-7-14-20(19)24-22(25-23)18-11-4-3-5-12-18/h3-7,11-14,16-17H,8-10,15H2,1-2H3/t16-,17-/m0/s1. The molecule has 1 fully saturated rings. The molecule has 28 heavy (non-hydrogen) atoms. The van der Waals surface area contributed by atoms with Crippen molar-refractivity contribution in [3.05, 3.63) is 54.6 Å². The van der Waals surface area contributed by atoms with Crippen LogP contribution >= 0.6 is 11.8 Å². The fourth-order valence-electron chi connectivity index (χ4n) is 3.99. The molecule has 144 valence electrons. The predicted molar refractivity (Wildman–Crippen MR) is 115 cm³/mol. The Kier molecular flexibility index (Phi) is 5.62. The van der Waals surface area contributed by atoms with Crippen LogP contribution in [0.5, 0.6) is 0 Å². The van der Waals surface area contributed by atoms with Gasteiger partial charge < -0.3 is 4.90 Å². The summed E-state index contributed by atoms with van der Waals surface area (Å²) in [4.78, 5) is 24.5. The number of fused-ring (bicyclic) bond motifs is 1. The van der Waals surface area contributed by atoms with Crippen LogP contribution in [-0.4, -0.2) is 38.6 Å². The molecule has 0 saturated carbocycles. The topological polar surface area (TPSA) is 46.1 Å². The predicted octanol–water partition coefficient (Wildman–Crippen LogP) is 5.18. The van der Waals surface area contributed by atoms with Gasteiger partial charge >= 0.3 is 0 Å². The van der Waals surface area contributed by atoms with E-state index in [0.717, 1.165) is 34.3 Å². The van der Waals surface area contributed by atoms with E-state index in [1.54, 1.807) is 0 Å². The van der Waals surface area contributed by atoms with Crippen molar-refractivity contribution in [1.29, 1.82) is 0 Å². The summed E-state index contributed by atoms with van der Waals surface area (Å²) in [5, 5.41) is 1.87. The van der Waals surface area contributed by atoms with E-state index in [2.05, 4.69) is 18.7 Å². The highest BCUT2D eigenvalue weighted by Gasteiger charge is 2.28. The summed E-state index contributed by atoms with van der Waals surface area (Å²) < 4.78 is 0. The van der Waals surface area contributed by atoms with Crippen LogP contribution in [-0.2, 0) is 4.79 Å². The van der Waals surface area contributed by atoms with Crippen LogP contribution in [0.4, 0.5) is 0 Å². The van der Waals surface area contributed by atoms with E-state index in [9.17, 15) is 4.79 Å². The average molecular weight is 392 g/mol. The van der Waals surface area contributed by atoms with Gasteiger partial charge in [0.05, 0.1) is 11.3 Å². The van der Waals surface area contributed by atoms with Crippen molar-refractivity contribution in [2.75, 3.05) is 5.75 Å². The van der Waals surface area contributed by atoms with E-state index < -0.39 is 0 Å². The molecule has 0 spiro atoms. The number of carbonyl (C=O) groups is 1. The Balaban J connectivity index is 1.62. The Morgan fingerprint density at radius 2 is 1.68 bits per heavy atom. The van der Waals surface area contributed by atoms with Crippen LogP contribution in [0.1, 0.15) is 33.1 Å². The van der Waals surface area contributed by atoms with Crippen molar-refractivity contribution >= 4 is 28.6 Å². The Morgan fingerprint density at radius 3 is 2.43 bits per heavy atom. The van der Waals surface area contributed by atoms with Crippen LogP contribution in [0, 0.1) is 0 Å². The number of carbonyl (C=O) groups excluding carboxylic acids is 1. The maximum absolute atomic E-state index is 12.9. The minimum atomic E-state index is 0.202. The van der Waals surface area contributed by atoms with E-state index in [0.29, 0.717) is 23.7 Å². The van der Waals surface area contributed by atoms with Gasteiger partial charge in [-0.3, -0.25) is 4.79 Å². The summed E-state index contributed by atoms with van der Waals surface area (Å²) in [6.45, 7) is 4.32. The second-order valence-electron chi connectivity index (χ2n) is 7.45. The number of rotatable bonds is 4. The van der Waals surface area contributed by atoms with Gasteiger partial charge in [-0.05, 0) is 39.2 Å². The molecule has 1 aromatic heterocycles. The van der Waals surface area contributed by atoms with Gasteiger partial charge in [0, 0.05) is 23.0 Å². The SMILES string of the molecule is C[C@H]1CCC[C@H](C)N1C(=O)CSc1nc(-c2ccccc2)nc2ccccc12. The number of hydrogen-bond donors (Lipinski definition) is 0. The van der Waals surface area contributed by atoms with Crippen LogP contribution in [0.2, 0.25) is 0 Å². The molecule has 4 nitrogen and oxygen atoms in total. The molecular formula is C23H25N3OS. The summed E-state index contributed by atoms with van der Waals surface area (Å²) in [6.07, 6.45) is 3.39. The van der Waals surface area contributed by atoms with E-state index in [1.807, 2.05) is 54.6 Å². The molecule has 2 atom stereocenters. The van der Waals surface area contributed by atoms with Crippen molar-refractivity contribution in [3.8, 4) is 11.4 Å². The monoisotopic (exact) mass is 391 g/mol. The highest BCUT2D eigenvalue weighted by Crippen LogP contribution is 2.30. The molecule has 2 aromatic carbocycles. The molecule has 4 rings (SSSR count). The molecule has 0 N–H and O–H groups in total. The van der Waals surface area contributed by atoms with Gasteiger partial charge in [0.2, 0.25) is 5.91 Å². The Labute approximate surface area is 170 Å². The summed E-state index contributed by atoms with van der Waals surface area (Å²) >= 11 is 1.52. The van der Waals surface area contributed by atoms with E-state index in [4.69, 9.17) is 9.97 Å². The fraction of sp³-hybridized carbons (Fsp3) is 0.348. The van der Waals surface area contributed by atoms with Crippen molar-refractivity contribution in [1.82, 2.24) is 14.9 Å². The minimum Gasteiger partial charge on any atom is -0.337 e. The van der Waals surface area contributed by atoms with Gasteiger partial charge in [0.1, 0.15) is 5.03 Å². The first-order valence-corrected chi connectivity index (χ1v) is 10.9. The molecule has 0 bridgehead atoms. The molecule has 2 heterocycles. The molecule has 0 aliphatic carbocycles. The second kappa shape index (κ2) is 8.31. The highest BCUT2D eigenvalue weighted by atomic mass is 32.2. The van der Waals surface area contributed by atoms with Crippen molar-refractivity contribution < 1.29 is 4.79 Å². The first-order valence-electron chi connectivity index (χ1n) is 9.89. The molecule has 3 aromatic rings. The number of piperidine rings is 1. The lowest BCUT2D eigenvalue weighted by Gasteiger charge is -2.39. The number of thioether (sulfide) groups is 1. The van der Waals surface area contributed by atoms with Gasteiger partial charge in [-0.25, -0.2) is 9.97 Å². The zero-order chi connectivity index (χ0) is 19.5. The lowest BCUT2D eigenvalue weighted by Crippen LogP contribution is -2.48. The fourth-order valence-corrected chi connectivity index (χ4v) is 4.88. The number of para-hydroxylation sites is 1. The molecule has 1 aliphatic heterocycles. The largest absolute Gasteiger partial charge is 0.337 e. The quantitative estimate of drug-likeness (QED) is 0.454. The lowest BCUT2D eigenvalue weighted by molar-refractivity contribution is -0.134. The zero-order valence-corrected chi connectivity index (χ0v) is 17.2. The third-order valence-electron chi connectivity index (χ3n) is 5.41. The first-order chi connectivity index (χ1) is 13.6. The summed E-state index contributed by atoms with van der Waals surface area (Å²) in [6, 6.07) is 18.6. The maximum Gasteiger partial charge on any atom is 0.233 e. The lowest BCUT2D eigenvalue weighted by atomic mass is 9.98. The average Bonchev–Trinajstić information content (AvgIpc) is 2.72. The number of amides is 1. The molecule has 1 saturated heterocycles. The van der Waals surface area contributed by atoms with Crippen molar-refractivity contribution in [2.24, 2.45) is 0 Å². The summed E-state index contributed by atoms with van der Waals surface area (Å²) in [7, 11) is 0. The van der Waals surface area contributed by atoms with Crippen molar-refractivity contribution in [2.45, 2.75) is 50.2 Å². The van der Waals surface area contributed by atoms with Gasteiger partial charge in [-0.1, -0.05) is 60.3 Å². The van der Waals surface area contributed by atoms with Crippen LogP contribution in [0.3, 0.4) is 0 Å². The molecule has 5 heteroatoms. The number of benzene rings is 2. The first kappa shape index (κ1) is 18.9. The van der Waals surface area contributed by atoms with Gasteiger partial charge in [0.15, 0.2) is 5.82 Å². The highest BCUT2D eigenvalue weighted by molar-refractivity contribution is 8.00. The van der Waals surface area contributed by atoms with E-state index in [1.165, 1.54) is 18.2 Å². The number of hydrogen-bond acceptors (Lipinski definition) is 4. The minimum absolute atomic E-state index is 0.202. The van der Waals surface area contributed by atoms with Crippen LogP contribution < -0.4 is 0 Å². The summed E-state index contributed by atoms with van der Waals surface area (Å²) in [5.41, 5.74) is 1.89. The summed E-state index contributed by atoms with van der Waals surface area (Å²) in [5.74, 6) is 1.31. The number of nitrogens with zero attached hydrogens (tertiary/aromatic N) is 3. The van der Waals surface area contributed by atoms with Crippen LogP contribution in [0.15, 0.2) is 59.6 Å². The Bertz CT molecular complexity index is 966. The molecule has 0 unspecified atom stereocenters. The number of likely N-dealkylation sites (tertiary alicyclic amines) is 1. The molecular weight excluding hydrogens is 366 g/mol. The molecule has 1 amide bonds. The van der Waals surface area contributed by atoms with Gasteiger partial charge in [0.25, 0.3) is 0 Å². The Morgan fingerprint density at radius 1 is 1.00 bits per heavy atom. The second-order valence-corrected chi connectivity index (χ2v) is 8.42. The number of aromatic nitrogens is 2.